The predicted molar refractivity (Wildman–Crippen MR) is 132 cm³/mol. The number of amides is 2. The summed E-state index contributed by atoms with van der Waals surface area (Å²) in [5, 5.41) is 3.35. The molecule has 0 bridgehead atoms. The Labute approximate surface area is 200 Å². The molecule has 8 heteroatoms. The van der Waals surface area contributed by atoms with Crippen LogP contribution in [-0.2, 0) is 16.1 Å². The van der Waals surface area contributed by atoms with Crippen molar-refractivity contribution in [2.45, 2.75) is 18.2 Å². The first-order chi connectivity index (χ1) is 15.5. The van der Waals surface area contributed by atoms with E-state index in [1.54, 1.807) is 23.1 Å². The Kier molecular flexibility index (Phi) is 7.15. The first-order valence-electron chi connectivity index (χ1n) is 9.91. The highest BCUT2D eigenvalue weighted by atomic mass is 35.5. The van der Waals surface area contributed by atoms with Crippen molar-refractivity contribution in [2.24, 2.45) is 4.99 Å². The molecule has 2 amide bonds. The lowest BCUT2D eigenvalue weighted by atomic mass is 10.2. The van der Waals surface area contributed by atoms with Crippen molar-refractivity contribution in [3.05, 3.63) is 94.5 Å². The van der Waals surface area contributed by atoms with Gasteiger partial charge in [0.25, 0.3) is 0 Å². The van der Waals surface area contributed by atoms with Gasteiger partial charge in [0, 0.05) is 6.42 Å². The fourth-order valence-electron chi connectivity index (χ4n) is 3.22. The number of anilines is 1. The number of carbonyl (C=O) groups is 2. The van der Waals surface area contributed by atoms with E-state index >= 15 is 0 Å². The minimum Gasteiger partial charge on any atom is -0.325 e. The third-order valence-corrected chi connectivity index (χ3v) is 6.78. The van der Waals surface area contributed by atoms with E-state index in [2.05, 4.69) is 10.3 Å². The maximum Gasteiger partial charge on any atom is 0.242 e. The van der Waals surface area contributed by atoms with Gasteiger partial charge >= 0.3 is 0 Å². The number of benzene rings is 3. The van der Waals surface area contributed by atoms with Crippen LogP contribution in [0.4, 0.5) is 11.4 Å². The van der Waals surface area contributed by atoms with Crippen molar-refractivity contribution in [1.82, 2.24) is 4.90 Å². The van der Waals surface area contributed by atoms with Crippen LogP contribution in [-0.4, -0.2) is 27.1 Å². The average molecular weight is 484 g/mol. The van der Waals surface area contributed by atoms with Gasteiger partial charge in [-0.25, -0.2) is 4.99 Å². The number of para-hydroxylation sites is 1. The Hall–Kier alpha value is -2.80. The molecule has 1 atom stereocenters. The Bertz CT molecular complexity index is 1160. The summed E-state index contributed by atoms with van der Waals surface area (Å²) in [6, 6.07) is 24.1. The van der Waals surface area contributed by atoms with Gasteiger partial charge in [0.05, 0.1) is 28.0 Å². The van der Waals surface area contributed by atoms with Crippen LogP contribution in [0.1, 0.15) is 12.0 Å². The molecule has 4 rings (SSSR count). The lowest BCUT2D eigenvalue weighted by Crippen LogP contribution is -2.33. The lowest BCUT2D eigenvalue weighted by Gasteiger charge is -2.16. The first-order valence-corrected chi connectivity index (χ1v) is 11.5. The zero-order chi connectivity index (χ0) is 22.5. The number of nitrogens with one attached hydrogen (secondary N) is 1. The summed E-state index contributed by atoms with van der Waals surface area (Å²) in [6.45, 7) is 0.385. The second-order valence-corrected chi connectivity index (χ2v) is 9.06. The number of rotatable bonds is 6. The van der Waals surface area contributed by atoms with Crippen LogP contribution in [0.5, 0.6) is 0 Å². The Morgan fingerprint density at radius 2 is 1.66 bits per heavy atom. The monoisotopic (exact) mass is 483 g/mol. The minimum absolute atomic E-state index is 0.00849. The number of aliphatic imine (C=N–C) groups is 1. The summed E-state index contributed by atoms with van der Waals surface area (Å²) >= 11 is 13.5. The van der Waals surface area contributed by atoms with E-state index in [0.29, 0.717) is 22.4 Å². The summed E-state index contributed by atoms with van der Waals surface area (Å²) in [5.74, 6) is -0.471. The van der Waals surface area contributed by atoms with Gasteiger partial charge in [-0.05, 0) is 29.8 Å². The van der Waals surface area contributed by atoms with E-state index in [-0.39, 0.29) is 23.3 Å². The highest BCUT2D eigenvalue weighted by Crippen LogP contribution is 2.34. The van der Waals surface area contributed by atoms with Crippen LogP contribution in [0.15, 0.2) is 83.9 Å². The molecule has 1 aliphatic heterocycles. The summed E-state index contributed by atoms with van der Waals surface area (Å²) < 4.78 is 0. The molecule has 1 unspecified atom stereocenters. The van der Waals surface area contributed by atoms with E-state index in [9.17, 15) is 9.59 Å². The molecule has 5 nitrogen and oxygen atoms in total. The Morgan fingerprint density at radius 1 is 0.969 bits per heavy atom. The number of amidine groups is 1. The smallest absolute Gasteiger partial charge is 0.242 e. The van der Waals surface area contributed by atoms with Gasteiger partial charge in [-0.3, -0.25) is 14.5 Å². The van der Waals surface area contributed by atoms with E-state index in [1.165, 1.54) is 11.8 Å². The molecule has 3 aromatic carbocycles. The van der Waals surface area contributed by atoms with E-state index < -0.39 is 5.25 Å². The van der Waals surface area contributed by atoms with Crippen LogP contribution < -0.4 is 5.32 Å². The fourth-order valence-corrected chi connectivity index (χ4v) is 4.72. The SMILES string of the molecule is O=C(CC1SC(=Nc2ccccc2)N(Cc2ccccc2)C1=O)Nc1cccc(Cl)c1Cl. The van der Waals surface area contributed by atoms with Crippen molar-refractivity contribution in [1.29, 1.82) is 0 Å². The van der Waals surface area contributed by atoms with E-state index in [0.717, 1.165) is 11.3 Å². The molecule has 1 heterocycles. The number of thioether (sulfide) groups is 1. The Balaban J connectivity index is 1.54. The number of hydrogen-bond acceptors (Lipinski definition) is 4. The number of halogens is 2. The highest BCUT2D eigenvalue weighted by molar-refractivity contribution is 8.15. The third kappa shape index (κ3) is 5.33. The zero-order valence-electron chi connectivity index (χ0n) is 16.9. The number of nitrogens with zero attached hydrogens (tertiary/aromatic N) is 2. The molecule has 0 radical (unpaired) electrons. The number of hydrogen-bond donors (Lipinski definition) is 1. The summed E-state index contributed by atoms with van der Waals surface area (Å²) in [5.41, 5.74) is 2.15. The van der Waals surface area contributed by atoms with E-state index in [4.69, 9.17) is 23.2 Å². The van der Waals surface area contributed by atoms with Gasteiger partial charge in [-0.1, -0.05) is 89.6 Å². The summed E-state index contributed by atoms with van der Waals surface area (Å²) in [7, 11) is 0. The van der Waals surface area contributed by atoms with Gasteiger partial charge in [0.15, 0.2) is 5.17 Å². The normalized spacial score (nSPS) is 17.1. The zero-order valence-corrected chi connectivity index (χ0v) is 19.2. The summed E-state index contributed by atoms with van der Waals surface area (Å²) in [6.07, 6.45) is -0.00849. The van der Waals surface area contributed by atoms with Crippen molar-refractivity contribution in [3.8, 4) is 0 Å². The van der Waals surface area contributed by atoms with Crippen LogP contribution in [0.25, 0.3) is 0 Å². The fraction of sp³-hybridized carbons (Fsp3) is 0.125. The highest BCUT2D eigenvalue weighted by Gasteiger charge is 2.39. The van der Waals surface area contributed by atoms with Gasteiger partial charge < -0.3 is 5.32 Å². The second kappa shape index (κ2) is 10.2. The molecule has 0 aliphatic carbocycles. The largest absolute Gasteiger partial charge is 0.325 e. The second-order valence-electron chi connectivity index (χ2n) is 7.10. The van der Waals surface area contributed by atoms with Crippen molar-refractivity contribution in [2.75, 3.05) is 5.32 Å². The number of carbonyl (C=O) groups excluding carboxylic acids is 2. The standard InChI is InChI=1S/C24H19Cl2N3O2S/c25-18-12-7-13-19(22(18)26)28-21(30)14-20-23(31)29(15-16-8-3-1-4-9-16)24(32-20)27-17-10-5-2-6-11-17/h1-13,20H,14-15H2,(H,28,30). The summed E-state index contributed by atoms with van der Waals surface area (Å²) in [4.78, 5) is 32.2. The molecule has 1 saturated heterocycles. The van der Waals surface area contributed by atoms with Gasteiger partial charge in [-0.15, -0.1) is 0 Å². The van der Waals surface area contributed by atoms with Gasteiger partial charge in [0.1, 0.15) is 5.25 Å². The molecule has 1 aliphatic rings. The molecule has 3 aromatic rings. The van der Waals surface area contributed by atoms with Crippen LogP contribution in [0, 0.1) is 0 Å². The van der Waals surface area contributed by atoms with Crippen molar-refractivity contribution >= 4 is 63.3 Å². The van der Waals surface area contributed by atoms with Crippen LogP contribution in [0.2, 0.25) is 10.0 Å². The molecule has 32 heavy (non-hydrogen) atoms. The molecular weight excluding hydrogens is 465 g/mol. The van der Waals surface area contributed by atoms with Crippen LogP contribution >= 0.6 is 35.0 Å². The molecule has 162 valence electrons. The van der Waals surface area contributed by atoms with E-state index in [1.807, 2.05) is 60.7 Å². The maximum atomic E-state index is 13.2. The molecule has 1 fully saturated rings. The molecular formula is C24H19Cl2N3O2S. The van der Waals surface area contributed by atoms with Crippen LogP contribution in [0.3, 0.4) is 0 Å². The molecule has 0 aromatic heterocycles. The quantitative estimate of drug-likeness (QED) is 0.456. The topological polar surface area (TPSA) is 61.8 Å². The molecule has 0 spiro atoms. The molecule has 0 saturated carbocycles. The average Bonchev–Trinajstić information content (AvgIpc) is 3.07. The lowest BCUT2D eigenvalue weighted by molar-refractivity contribution is -0.128. The van der Waals surface area contributed by atoms with Crippen molar-refractivity contribution in [3.63, 3.8) is 0 Å². The Morgan fingerprint density at radius 3 is 2.38 bits per heavy atom. The van der Waals surface area contributed by atoms with Gasteiger partial charge in [0.2, 0.25) is 11.8 Å². The third-order valence-electron chi connectivity index (χ3n) is 4.78. The minimum atomic E-state index is -0.584. The predicted octanol–water partition coefficient (Wildman–Crippen LogP) is 6.15. The molecule has 1 N–H and O–H groups in total. The maximum absolute atomic E-state index is 13.2. The van der Waals surface area contributed by atoms with Crippen molar-refractivity contribution < 1.29 is 9.59 Å². The first kappa shape index (κ1) is 22.4. The van der Waals surface area contributed by atoms with Gasteiger partial charge in [-0.2, -0.15) is 0 Å².